The average molecular weight is 274 g/mol. The van der Waals surface area contributed by atoms with Crippen molar-refractivity contribution < 1.29 is 4.57 Å². The Morgan fingerprint density at radius 1 is 0.714 bits per heavy atom. The van der Waals surface area contributed by atoms with E-state index in [2.05, 4.69) is 92.3 Å². The molecule has 0 radical (unpaired) electrons. The van der Waals surface area contributed by atoms with Gasteiger partial charge < -0.3 is 0 Å². The van der Waals surface area contributed by atoms with Crippen LogP contribution in [-0.2, 0) is 7.05 Å². The molecule has 0 bridgehead atoms. The van der Waals surface area contributed by atoms with Crippen LogP contribution in [0.4, 0.5) is 0 Å². The van der Waals surface area contributed by atoms with E-state index in [1.54, 1.807) is 0 Å². The molecule has 0 saturated heterocycles. The summed E-state index contributed by atoms with van der Waals surface area (Å²) in [6, 6.07) is 21.6. The highest BCUT2D eigenvalue weighted by atomic mass is 14.9. The fraction of sp³-hybridized carbons (Fsp3) is 0.150. The second kappa shape index (κ2) is 5.53. The largest absolute Gasteiger partial charge is 0.212 e. The Bertz CT molecular complexity index is 770. The third kappa shape index (κ3) is 2.73. The quantitative estimate of drug-likeness (QED) is 0.607. The molecule has 0 aliphatic rings. The Morgan fingerprint density at radius 3 is 2.05 bits per heavy atom. The highest BCUT2D eigenvalue weighted by Crippen LogP contribution is 2.23. The Balaban J connectivity index is 2.04. The third-order valence-corrected chi connectivity index (χ3v) is 3.94. The standard InChI is InChI=1S/C20H20N/c1-15-8-10-17(11-9-15)18-12-13-20(21(3)14-18)19-7-5-4-6-16(19)2/h4-14H,1-3H3/q+1. The van der Waals surface area contributed by atoms with Crippen LogP contribution in [0.5, 0.6) is 0 Å². The molecule has 0 N–H and O–H groups in total. The van der Waals surface area contributed by atoms with E-state index in [4.69, 9.17) is 0 Å². The van der Waals surface area contributed by atoms with Crippen LogP contribution in [0.2, 0.25) is 0 Å². The summed E-state index contributed by atoms with van der Waals surface area (Å²) in [5.41, 5.74) is 7.62. The maximum absolute atomic E-state index is 2.21. The van der Waals surface area contributed by atoms with Gasteiger partial charge >= 0.3 is 0 Å². The van der Waals surface area contributed by atoms with Crippen LogP contribution in [-0.4, -0.2) is 0 Å². The number of rotatable bonds is 2. The molecule has 0 atom stereocenters. The van der Waals surface area contributed by atoms with Crippen LogP contribution >= 0.6 is 0 Å². The minimum atomic E-state index is 1.24. The SMILES string of the molecule is Cc1ccc(-c2ccc(-c3ccccc3C)[n+](C)c2)cc1. The molecule has 3 aromatic rings. The molecule has 1 nitrogen and oxygen atoms in total. The van der Waals surface area contributed by atoms with Crippen molar-refractivity contribution in [2.75, 3.05) is 0 Å². The molecular formula is C20H20N+. The molecule has 21 heavy (non-hydrogen) atoms. The van der Waals surface area contributed by atoms with Gasteiger partial charge in [-0.2, -0.15) is 0 Å². The first kappa shape index (κ1) is 13.6. The fourth-order valence-electron chi connectivity index (χ4n) is 2.66. The Hall–Kier alpha value is -2.41. The molecular weight excluding hydrogens is 254 g/mol. The summed E-state index contributed by atoms with van der Waals surface area (Å²) in [7, 11) is 2.11. The fourth-order valence-corrected chi connectivity index (χ4v) is 2.66. The van der Waals surface area contributed by atoms with E-state index in [1.807, 2.05) is 0 Å². The monoisotopic (exact) mass is 274 g/mol. The summed E-state index contributed by atoms with van der Waals surface area (Å²) in [5, 5.41) is 0. The summed E-state index contributed by atoms with van der Waals surface area (Å²) in [4.78, 5) is 0. The van der Waals surface area contributed by atoms with E-state index in [-0.39, 0.29) is 0 Å². The van der Waals surface area contributed by atoms with Gasteiger partial charge in [0.15, 0.2) is 6.20 Å². The molecule has 1 heterocycles. The van der Waals surface area contributed by atoms with Gasteiger partial charge in [-0.05, 0) is 37.1 Å². The average Bonchev–Trinajstić information content (AvgIpc) is 2.49. The lowest BCUT2D eigenvalue weighted by Gasteiger charge is -2.06. The lowest BCUT2D eigenvalue weighted by atomic mass is 10.0. The maximum Gasteiger partial charge on any atom is 0.212 e. The highest BCUT2D eigenvalue weighted by molar-refractivity contribution is 5.66. The molecule has 0 unspecified atom stereocenters. The number of aromatic nitrogens is 1. The molecule has 0 amide bonds. The number of aryl methyl sites for hydroxylation is 3. The third-order valence-electron chi connectivity index (χ3n) is 3.94. The zero-order valence-corrected chi connectivity index (χ0v) is 12.8. The first-order chi connectivity index (χ1) is 10.1. The molecule has 1 heteroatoms. The van der Waals surface area contributed by atoms with Crippen molar-refractivity contribution in [2.24, 2.45) is 7.05 Å². The van der Waals surface area contributed by atoms with Crippen LogP contribution < -0.4 is 4.57 Å². The molecule has 104 valence electrons. The van der Waals surface area contributed by atoms with Gasteiger partial charge in [-0.15, -0.1) is 0 Å². The lowest BCUT2D eigenvalue weighted by molar-refractivity contribution is -0.659. The van der Waals surface area contributed by atoms with Gasteiger partial charge in [-0.1, -0.05) is 48.0 Å². The van der Waals surface area contributed by atoms with Crippen LogP contribution in [0.25, 0.3) is 22.4 Å². The van der Waals surface area contributed by atoms with Gasteiger partial charge in [-0.25, -0.2) is 4.57 Å². The molecule has 2 aromatic carbocycles. The van der Waals surface area contributed by atoms with Gasteiger partial charge in [0.2, 0.25) is 5.69 Å². The number of nitrogens with zero attached hydrogens (tertiary/aromatic N) is 1. The molecule has 0 aliphatic heterocycles. The van der Waals surface area contributed by atoms with Crippen molar-refractivity contribution in [1.29, 1.82) is 0 Å². The second-order valence-electron chi connectivity index (χ2n) is 5.59. The predicted molar refractivity (Wildman–Crippen MR) is 88.0 cm³/mol. The summed E-state index contributed by atoms with van der Waals surface area (Å²) in [6.45, 7) is 4.27. The van der Waals surface area contributed by atoms with Crippen molar-refractivity contribution >= 4 is 0 Å². The van der Waals surface area contributed by atoms with Crippen molar-refractivity contribution in [3.8, 4) is 22.4 Å². The minimum absolute atomic E-state index is 1.24. The smallest absolute Gasteiger partial charge is 0.200 e. The summed E-state index contributed by atoms with van der Waals surface area (Å²) >= 11 is 0. The Labute approximate surface area is 126 Å². The number of hydrogen-bond donors (Lipinski definition) is 0. The van der Waals surface area contributed by atoms with E-state index in [0.29, 0.717) is 0 Å². The van der Waals surface area contributed by atoms with Crippen molar-refractivity contribution in [2.45, 2.75) is 13.8 Å². The van der Waals surface area contributed by atoms with E-state index >= 15 is 0 Å². The molecule has 0 aliphatic carbocycles. The van der Waals surface area contributed by atoms with Gasteiger partial charge in [0, 0.05) is 17.2 Å². The zero-order valence-electron chi connectivity index (χ0n) is 12.8. The number of hydrogen-bond acceptors (Lipinski definition) is 0. The molecule has 0 spiro atoms. The van der Waals surface area contributed by atoms with E-state index in [1.165, 1.54) is 33.5 Å². The first-order valence-corrected chi connectivity index (χ1v) is 7.28. The van der Waals surface area contributed by atoms with Gasteiger partial charge in [0.25, 0.3) is 0 Å². The number of benzene rings is 2. The predicted octanol–water partition coefficient (Wildman–Crippen LogP) is 4.46. The lowest BCUT2D eigenvalue weighted by Crippen LogP contribution is -2.30. The van der Waals surface area contributed by atoms with Gasteiger partial charge in [0.1, 0.15) is 7.05 Å². The van der Waals surface area contributed by atoms with Crippen LogP contribution in [0.3, 0.4) is 0 Å². The van der Waals surface area contributed by atoms with Crippen molar-refractivity contribution in [3.05, 3.63) is 78.0 Å². The topological polar surface area (TPSA) is 3.88 Å². The van der Waals surface area contributed by atoms with Crippen LogP contribution in [0, 0.1) is 13.8 Å². The molecule has 0 saturated carbocycles. The maximum atomic E-state index is 2.21. The van der Waals surface area contributed by atoms with E-state index in [0.717, 1.165) is 0 Å². The summed E-state index contributed by atoms with van der Waals surface area (Å²) in [6.07, 6.45) is 2.20. The Kier molecular flexibility index (Phi) is 3.57. The Morgan fingerprint density at radius 2 is 1.38 bits per heavy atom. The first-order valence-electron chi connectivity index (χ1n) is 7.28. The molecule has 1 aromatic heterocycles. The zero-order chi connectivity index (χ0) is 14.8. The van der Waals surface area contributed by atoms with Gasteiger partial charge in [-0.3, -0.25) is 0 Å². The van der Waals surface area contributed by atoms with Crippen molar-refractivity contribution in [3.63, 3.8) is 0 Å². The van der Waals surface area contributed by atoms with Crippen LogP contribution in [0.1, 0.15) is 11.1 Å². The normalized spacial score (nSPS) is 10.6. The number of pyridine rings is 1. The van der Waals surface area contributed by atoms with Gasteiger partial charge in [0.05, 0.1) is 0 Å². The highest BCUT2D eigenvalue weighted by Gasteiger charge is 2.13. The second-order valence-corrected chi connectivity index (χ2v) is 5.59. The summed E-state index contributed by atoms with van der Waals surface area (Å²) in [5.74, 6) is 0. The molecule has 3 rings (SSSR count). The van der Waals surface area contributed by atoms with Crippen LogP contribution in [0.15, 0.2) is 66.9 Å². The molecule has 0 fully saturated rings. The minimum Gasteiger partial charge on any atom is -0.200 e. The van der Waals surface area contributed by atoms with E-state index in [9.17, 15) is 0 Å². The van der Waals surface area contributed by atoms with Crippen molar-refractivity contribution in [1.82, 2.24) is 0 Å². The summed E-state index contributed by atoms with van der Waals surface area (Å²) < 4.78 is 2.21. The van der Waals surface area contributed by atoms with E-state index < -0.39 is 0 Å².